The molecule has 20 heteroatoms. The smallest absolute Gasteiger partial charge is 0.308 e. The van der Waals surface area contributed by atoms with Crippen LogP contribution >= 0.6 is 0 Å². The number of esters is 1. The van der Waals surface area contributed by atoms with E-state index in [1.807, 2.05) is 13.8 Å². The number of fused-ring (bicyclic) bond motifs is 5. The Morgan fingerprint density at radius 2 is 0.867 bits per heavy atom. The Hall–Kier alpha value is -1.51. The summed E-state index contributed by atoms with van der Waals surface area (Å²) in [6.07, 6.45) is 15.5. The maximum Gasteiger partial charge on any atom is 0.308 e. The third-order valence-electron chi connectivity index (χ3n) is 17.0. The van der Waals surface area contributed by atoms with Gasteiger partial charge < -0.3 is 90.4 Å². The second-order valence-corrected chi connectivity index (χ2v) is 23.6. The summed E-state index contributed by atoms with van der Waals surface area (Å²) in [4.78, 5) is 12.8. The Kier molecular flexibility index (Phi) is 41.5. The molecule has 0 saturated heterocycles. The van der Waals surface area contributed by atoms with Crippen LogP contribution < -0.4 is 0 Å². The van der Waals surface area contributed by atoms with Crippen molar-refractivity contribution < 1.29 is 95.2 Å². The summed E-state index contributed by atoms with van der Waals surface area (Å²) >= 11 is 0. The third-order valence-corrected chi connectivity index (χ3v) is 17.0. The molecule has 3 fully saturated rings. The fraction of sp³-hybridized carbons (Fsp3) is 0.952. The molecule has 0 amide bonds. The van der Waals surface area contributed by atoms with E-state index in [2.05, 4.69) is 26.8 Å². The number of rotatable bonds is 57. The minimum atomic E-state index is -0.569. The molecule has 0 aliphatic heterocycles. The van der Waals surface area contributed by atoms with Gasteiger partial charge in [0.1, 0.15) is 6.10 Å². The molecule has 0 radical (unpaired) electrons. The average Bonchev–Trinajstić information content (AvgIpc) is 1.94. The zero-order chi connectivity index (χ0) is 59.4. The lowest BCUT2D eigenvalue weighted by Gasteiger charge is -2.58. The minimum Gasteiger partial charge on any atom is -0.462 e. The zero-order valence-electron chi connectivity index (χ0n) is 52.6. The van der Waals surface area contributed by atoms with E-state index >= 15 is 0 Å². The van der Waals surface area contributed by atoms with Gasteiger partial charge in [-0.1, -0.05) is 45.3 Å². The summed E-state index contributed by atoms with van der Waals surface area (Å²) in [5.74, 6) is 3.63. The Bertz CT molecular complexity index is 1590. The van der Waals surface area contributed by atoms with Crippen LogP contribution in [0.25, 0.3) is 0 Å². The molecule has 3 saturated carbocycles. The summed E-state index contributed by atoms with van der Waals surface area (Å²) in [7, 11) is 1.65. The van der Waals surface area contributed by atoms with Crippen molar-refractivity contribution in [3.8, 4) is 0 Å². The Labute approximate surface area is 500 Å². The van der Waals surface area contributed by atoms with E-state index in [1.165, 1.54) is 44.1 Å². The molecular formula is C63H116O20. The number of carbonyl (C=O) groups is 1. The van der Waals surface area contributed by atoms with Gasteiger partial charge >= 0.3 is 5.97 Å². The normalized spacial score (nSPS) is 23.7. The summed E-state index contributed by atoms with van der Waals surface area (Å²) in [5, 5.41) is 10.3. The molecule has 4 aliphatic rings. The van der Waals surface area contributed by atoms with Gasteiger partial charge in [-0.3, -0.25) is 4.79 Å². The van der Waals surface area contributed by atoms with Gasteiger partial charge in [-0.2, -0.15) is 0 Å². The van der Waals surface area contributed by atoms with Crippen molar-refractivity contribution in [2.45, 2.75) is 123 Å². The van der Waals surface area contributed by atoms with E-state index in [0.717, 1.165) is 55.8 Å². The number of ether oxygens (including phenoxy) is 18. The third kappa shape index (κ3) is 32.5. The predicted molar refractivity (Wildman–Crippen MR) is 314 cm³/mol. The van der Waals surface area contributed by atoms with Gasteiger partial charge in [-0.15, -0.1) is 0 Å². The highest BCUT2D eigenvalue weighted by Gasteiger charge is 2.59. The molecular weight excluding hydrogens is 1080 g/mol. The number of carbonyl (C=O) groups excluding carboxylic acids is 1. The van der Waals surface area contributed by atoms with E-state index < -0.39 is 5.60 Å². The number of hydrogen-bond donors (Lipinski definition) is 1. The molecule has 0 aromatic carbocycles. The summed E-state index contributed by atoms with van der Waals surface area (Å²) < 4.78 is 99.4. The number of hydrogen-bond acceptors (Lipinski definition) is 20. The van der Waals surface area contributed by atoms with Crippen LogP contribution in [0.3, 0.4) is 0 Å². The van der Waals surface area contributed by atoms with Crippen molar-refractivity contribution in [2.75, 3.05) is 225 Å². The van der Waals surface area contributed by atoms with Crippen molar-refractivity contribution in [1.29, 1.82) is 0 Å². The lowest BCUT2D eigenvalue weighted by Crippen LogP contribution is -2.51. The molecule has 83 heavy (non-hydrogen) atoms. The molecule has 0 unspecified atom stereocenters. The average molecular weight is 1190 g/mol. The van der Waals surface area contributed by atoms with Gasteiger partial charge in [0.05, 0.1) is 230 Å². The van der Waals surface area contributed by atoms with E-state index in [4.69, 9.17) is 85.3 Å². The van der Waals surface area contributed by atoms with E-state index in [0.29, 0.717) is 229 Å². The molecule has 1 N–H and O–H groups in total. The van der Waals surface area contributed by atoms with Crippen molar-refractivity contribution in [3.63, 3.8) is 0 Å². The highest BCUT2D eigenvalue weighted by atomic mass is 16.6. The molecule has 0 spiro atoms. The van der Waals surface area contributed by atoms with Crippen molar-refractivity contribution in [3.05, 3.63) is 11.6 Å². The van der Waals surface area contributed by atoms with Crippen LogP contribution in [-0.2, 0) is 90.1 Å². The van der Waals surface area contributed by atoms with Gasteiger partial charge in [0, 0.05) is 13.5 Å². The molecule has 0 bridgehead atoms. The number of methoxy groups -OCH3 is 1. The standard InChI is InChI=1S/C63H116O20/c1-53(8-7-16-61(2,3)65)57-11-12-58-56-10-9-54-52-55(13-17-62(54,4)59(56)14-18-63(57,58)5)83-60(64)15-19-67-22-23-69-26-27-71-30-31-73-34-35-75-38-39-77-42-43-79-46-47-81-50-51-82-49-48-80-45-44-78-41-40-76-37-36-74-33-32-72-29-28-70-25-24-68-21-20-66-6/h9,53,55-59,65H,7-8,10-52H2,1-6H3/t53-,55+,56+,57-,58+,59+,62+,63-/m1/s1. The second-order valence-electron chi connectivity index (χ2n) is 23.6. The predicted octanol–water partition coefficient (Wildman–Crippen LogP) is 7.36. The Morgan fingerprint density at radius 3 is 1.23 bits per heavy atom. The minimum absolute atomic E-state index is 0.0389. The fourth-order valence-electron chi connectivity index (χ4n) is 12.7. The van der Waals surface area contributed by atoms with Crippen molar-refractivity contribution >= 4 is 5.97 Å². The fourth-order valence-corrected chi connectivity index (χ4v) is 12.7. The lowest BCUT2D eigenvalue weighted by molar-refractivity contribution is -0.152. The quantitative estimate of drug-likeness (QED) is 0.0359. The van der Waals surface area contributed by atoms with E-state index in [1.54, 1.807) is 7.11 Å². The Morgan fingerprint density at radius 1 is 0.506 bits per heavy atom. The maximum absolute atomic E-state index is 12.8. The molecule has 8 atom stereocenters. The topological polar surface area (TPSA) is 203 Å². The van der Waals surface area contributed by atoms with Gasteiger partial charge in [0.15, 0.2) is 0 Å². The number of aliphatic hydroxyl groups is 1. The summed E-state index contributed by atoms with van der Waals surface area (Å²) in [6.45, 7) is 27.8. The number of allylic oxidation sites excluding steroid dienone is 1. The highest BCUT2D eigenvalue weighted by Crippen LogP contribution is 2.67. The molecule has 488 valence electrons. The summed E-state index contributed by atoms with van der Waals surface area (Å²) in [5.41, 5.74) is 1.62. The van der Waals surface area contributed by atoms with Gasteiger partial charge in [-0.05, 0) is 106 Å². The first-order valence-electron chi connectivity index (χ1n) is 31.8. The van der Waals surface area contributed by atoms with Crippen LogP contribution in [0, 0.1) is 40.4 Å². The van der Waals surface area contributed by atoms with Gasteiger partial charge in [0.25, 0.3) is 0 Å². The van der Waals surface area contributed by atoms with Crippen LogP contribution in [0.5, 0.6) is 0 Å². The first kappa shape index (κ1) is 74.0. The van der Waals surface area contributed by atoms with Gasteiger partial charge in [0.2, 0.25) is 0 Å². The molecule has 4 rings (SSSR count). The molecule has 4 aliphatic carbocycles. The molecule has 0 aromatic heterocycles. The summed E-state index contributed by atoms with van der Waals surface area (Å²) in [6, 6.07) is 0. The van der Waals surface area contributed by atoms with E-state index in [-0.39, 0.29) is 23.9 Å². The van der Waals surface area contributed by atoms with Crippen LogP contribution in [0.2, 0.25) is 0 Å². The second kappa shape index (κ2) is 46.6. The van der Waals surface area contributed by atoms with Gasteiger partial charge in [-0.25, -0.2) is 0 Å². The maximum atomic E-state index is 12.8. The monoisotopic (exact) mass is 1190 g/mol. The van der Waals surface area contributed by atoms with Crippen LogP contribution in [0.15, 0.2) is 11.6 Å². The molecule has 0 aromatic rings. The van der Waals surface area contributed by atoms with Crippen molar-refractivity contribution in [1.82, 2.24) is 0 Å². The zero-order valence-corrected chi connectivity index (χ0v) is 52.6. The molecule has 20 nitrogen and oxygen atoms in total. The highest BCUT2D eigenvalue weighted by molar-refractivity contribution is 5.69. The van der Waals surface area contributed by atoms with Crippen LogP contribution in [0.1, 0.15) is 112 Å². The Balaban J connectivity index is 0.792. The first-order chi connectivity index (χ1) is 40.5. The van der Waals surface area contributed by atoms with E-state index in [9.17, 15) is 9.90 Å². The first-order valence-corrected chi connectivity index (χ1v) is 31.8. The largest absolute Gasteiger partial charge is 0.462 e. The lowest BCUT2D eigenvalue weighted by atomic mass is 9.47. The molecule has 0 heterocycles. The van der Waals surface area contributed by atoms with Crippen LogP contribution in [0.4, 0.5) is 0 Å². The van der Waals surface area contributed by atoms with Crippen LogP contribution in [-0.4, -0.2) is 248 Å². The SMILES string of the molecule is COCCOCCOCCOCCOCCOCCOCCOCCOCCOCCOCCOCCOCCOCCOCCOCCOCCC(=O)O[C@H]1CC[C@@]2(C)C(=CC[C@H]3[C@@H]4CC[C@H]([C@H](C)CCCC(C)(C)O)[C@@]4(C)CC[C@@H]32)C1. The van der Waals surface area contributed by atoms with Crippen molar-refractivity contribution in [2.24, 2.45) is 40.4 Å².